The maximum Gasteiger partial charge on any atom is 0.227 e. The van der Waals surface area contributed by atoms with Crippen LogP contribution >= 0.6 is 11.8 Å². The fourth-order valence-corrected chi connectivity index (χ4v) is 4.87. The number of nitrogens with zero attached hydrogens (tertiary/aromatic N) is 3. The third kappa shape index (κ3) is 3.72. The van der Waals surface area contributed by atoms with Gasteiger partial charge in [0.25, 0.3) is 0 Å². The molecule has 2 heterocycles. The van der Waals surface area contributed by atoms with Gasteiger partial charge in [-0.1, -0.05) is 42.1 Å². The molecule has 0 spiro atoms. The zero-order chi connectivity index (χ0) is 21.4. The summed E-state index contributed by atoms with van der Waals surface area (Å²) in [5.74, 6) is 1.68. The number of methoxy groups -OCH3 is 1. The van der Waals surface area contributed by atoms with E-state index in [0.717, 1.165) is 35.4 Å². The summed E-state index contributed by atoms with van der Waals surface area (Å²) in [6.45, 7) is 0. The number of rotatable bonds is 5. The van der Waals surface area contributed by atoms with E-state index in [1.54, 1.807) is 23.9 Å². The first-order valence-electron chi connectivity index (χ1n) is 10.1. The van der Waals surface area contributed by atoms with Crippen molar-refractivity contribution in [3.8, 4) is 5.75 Å². The first-order valence-corrected chi connectivity index (χ1v) is 11.1. The normalized spacial score (nSPS) is 17.7. The second-order valence-electron chi connectivity index (χ2n) is 7.51. The summed E-state index contributed by atoms with van der Waals surface area (Å²) in [6.07, 6.45) is 2.16. The zero-order valence-electron chi connectivity index (χ0n) is 17.0. The van der Waals surface area contributed by atoms with Crippen LogP contribution in [0.1, 0.15) is 36.4 Å². The molecule has 1 aliphatic heterocycles. The topological polar surface area (TPSA) is 69.0 Å². The van der Waals surface area contributed by atoms with Crippen molar-refractivity contribution in [1.29, 1.82) is 0 Å². The smallest absolute Gasteiger partial charge is 0.227 e. The quantitative estimate of drug-likeness (QED) is 0.583. The Labute approximate surface area is 183 Å². The Kier molecular flexibility index (Phi) is 5.23. The summed E-state index contributed by atoms with van der Waals surface area (Å²) in [5.41, 5.74) is 3.22. The van der Waals surface area contributed by atoms with Crippen molar-refractivity contribution in [2.75, 3.05) is 12.4 Å². The minimum atomic E-state index is -0.347. The number of hydrogen-bond donors (Lipinski definition) is 1. The van der Waals surface area contributed by atoms with Crippen LogP contribution in [0.25, 0.3) is 0 Å². The number of carbonyl (C=O) groups excluding carboxylic acids is 1. The molecule has 1 aromatic heterocycles. The maximum absolute atomic E-state index is 14.0. The summed E-state index contributed by atoms with van der Waals surface area (Å²) >= 11 is 1.37. The van der Waals surface area contributed by atoms with Gasteiger partial charge in [0.1, 0.15) is 17.6 Å². The largest absolute Gasteiger partial charge is 0.497 e. The minimum Gasteiger partial charge on any atom is -0.497 e. The van der Waals surface area contributed by atoms with Gasteiger partial charge in [0, 0.05) is 23.4 Å². The number of thioether (sulfide) groups is 1. The summed E-state index contributed by atoms with van der Waals surface area (Å²) in [4.78, 5) is 17.5. The molecule has 0 saturated carbocycles. The molecular formula is C23H21FN4O2S. The number of allylic oxidation sites excluding steroid dienone is 2. The number of anilines is 1. The summed E-state index contributed by atoms with van der Waals surface area (Å²) in [7, 11) is 1.62. The highest BCUT2D eigenvalue weighted by Crippen LogP contribution is 2.41. The Morgan fingerprint density at radius 2 is 2.00 bits per heavy atom. The number of halogens is 1. The third-order valence-electron chi connectivity index (χ3n) is 5.59. The van der Waals surface area contributed by atoms with Crippen molar-refractivity contribution in [2.45, 2.75) is 36.2 Å². The number of Topliss-reactive ketones (excluding diaryl/α,β-unsaturated/α-hetero) is 1. The molecule has 6 nitrogen and oxygen atoms in total. The summed E-state index contributed by atoms with van der Waals surface area (Å²) in [5, 5.41) is 8.54. The number of hydrogen-bond acceptors (Lipinski definition) is 6. The van der Waals surface area contributed by atoms with Crippen molar-refractivity contribution < 1.29 is 13.9 Å². The second-order valence-corrected chi connectivity index (χ2v) is 8.45. The van der Waals surface area contributed by atoms with E-state index in [1.165, 1.54) is 17.8 Å². The monoisotopic (exact) mass is 436 g/mol. The lowest BCUT2D eigenvalue weighted by Crippen LogP contribution is -2.31. The minimum absolute atomic E-state index is 0.135. The molecule has 5 rings (SSSR count). The first kappa shape index (κ1) is 19.8. The highest BCUT2D eigenvalue weighted by atomic mass is 32.2. The van der Waals surface area contributed by atoms with Crippen molar-refractivity contribution in [2.24, 2.45) is 0 Å². The predicted molar refractivity (Wildman–Crippen MR) is 117 cm³/mol. The second kappa shape index (κ2) is 8.19. The van der Waals surface area contributed by atoms with Crippen molar-refractivity contribution in [1.82, 2.24) is 14.8 Å². The van der Waals surface area contributed by atoms with Crippen molar-refractivity contribution in [3.63, 3.8) is 0 Å². The van der Waals surface area contributed by atoms with E-state index in [-0.39, 0.29) is 17.6 Å². The van der Waals surface area contributed by atoms with Crippen molar-refractivity contribution in [3.05, 3.63) is 76.7 Å². The van der Waals surface area contributed by atoms with Crippen LogP contribution in [0.5, 0.6) is 5.75 Å². The van der Waals surface area contributed by atoms with Gasteiger partial charge in [-0.3, -0.25) is 4.79 Å². The molecule has 31 heavy (non-hydrogen) atoms. The number of ether oxygens (including phenoxy) is 1. The fraction of sp³-hybridized carbons (Fsp3) is 0.261. The number of carbonyl (C=O) groups is 1. The number of aromatic nitrogens is 3. The maximum atomic E-state index is 14.0. The van der Waals surface area contributed by atoms with Crippen LogP contribution in [0, 0.1) is 5.82 Å². The van der Waals surface area contributed by atoms with Crippen LogP contribution < -0.4 is 10.1 Å². The molecule has 1 unspecified atom stereocenters. The van der Waals surface area contributed by atoms with E-state index in [0.29, 0.717) is 28.8 Å². The molecule has 2 aliphatic rings. The molecule has 1 aliphatic carbocycles. The number of benzene rings is 2. The van der Waals surface area contributed by atoms with Gasteiger partial charge in [-0.25, -0.2) is 9.07 Å². The highest BCUT2D eigenvalue weighted by Gasteiger charge is 2.36. The predicted octanol–water partition coefficient (Wildman–Crippen LogP) is 4.74. The van der Waals surface area contributed by atoms with Crippen LogP contribution in [0.4, 0.5) is 10.3 Å². The SMILES string of the molecule is COc1ccc(C2C3=C(CCCC3=O)Nc3nc(SCc4ccccc4F)nn32)cc1. The van der Waals surface area contributed by atoms with Gasteiger partial charge in [-0.2, -0.15) is 4.98 Å². The first-order chi connectivity index (χ1) is 15.1. The molecule has 0 saturated heterocycles. The lowest BCUT2D eigenvalue weighted by atomic mass is 9.85. The molecule has 1 atom stereocenters. The van der Waals surface area contributed by atoms with E-state index in [9.17, 15) is 9.18 Å². The number of nitrogens with one attached hydrogen (secondary N) is 1. The van der Waals surface area contributed by atoms with E-state index in [2.05, 4.69) is 15.4 Å². The van der Waals surface area contributed by atoms with Crippen LogP contribution in [0.3, 0.4) is 0 Å². The Balaban J connectivity index is 1.50. The Bertz CT molecular complexity index is 1170. The molecule has 1 N–H and O–H groups in total. The van der Waals surface area contributed by atoms with Crippen LogP contribution in [-0.4, -0.2) is 27.7 Å². The van der Waals surface area contributed by atoms with Gasteiger partial charge in [-0.15, -0.1) is 5.10 Å². The Hall–Kier alpha value is -3.13. The van der Waals surface area contributed by atoms with E-state index < -0.39 is 0 Å². The van der Waals surface area contributed by atoms with Gasteiger partial charge in [0.15, 0.2) is 5.78 Å². The van der Waals surface area contributed by atoms with E-state index in [4.69, 9.17) is 4.74 Å². The molecule has 0 amide bonds. The molecule has 158 valence electrons. The average molecular weight is 437 g/mol. The summed E-state index contributed by atoms with van der Waals surface area (Å²) < 4.78 is 21.0. The standard InChI is InChI=1S/C23H21FN4O2S/c1-30-16-11-9-14(10-12-16)21-20-18(7-4-8-19(20)29)25-22-26-23(27-28(21)22)31-13-15-5-2-3-6-17(15)24/h2-3,5-6,9-12,21H,4,7-8,13H2,1H3,(H,25,26,27). The highest BCUT2D eigenvalue weighted by molar-refractivity contribution is 7.98. The fourth-order valence-electron chi connectivity index (χ4n) is 4.05. The van der Waals surface area contributed by atoms with Gasteiger partial charge < -0.3 is 10.1 Å². The van der Waals surface area contributed by atoms with Crippen molar-refractivity contribution >= 4 is 23.5 Å². The molecule has 8 heteroatoms. The molecule has 0 radical (unpaired) electrons. The van der Waals surface area contributed by atoms with Crippen LogP contribution in [-0.2, 0) is 10.5 Å². The van der Waals surface area contributed by atoms with E-state index >= 15 is 0 Å². The lowest BCUT2D eigenvalue weighted by molar-refractivity contribution is -0.116. The van der Waals surface area contributed by atoms with Gasteiger partial charge in [0.05, 0.1) is 7.11 Å². The molecular weight excluding hydrogens is 415 g/mol. The average Bonchev–Trinajstić information content (AvgIpc) is 3.20. The molecule has 0 bridgehead atoms. The molecule has 0 fully saturated rings. The zero-order valence-corrected chi connectivity index (χ0v) is 17.8. The van der Waals surface area contributed by atoms with Crippen LogP contribution in [0.15, 0.2) is 65.0 Å². The Morgan fingerprint density at radius 3 is 2.77 bits per heavy atom. The van der Waals surface area contributed by atoms with Gasteiger partial charge in [-0.05, 0) is 42.2 Å². The van der Waals surface area contributed by atoms with Gasteiger partial charge >= 0.3 is 0 Å². The molecule has 3 aromatic rings. The summed E-state index contributed by atoms with van der Waals surface area (Å²) in [6, 6.07) is 14.0. The van der Waals surface area contributed by atoms with Gasteiger partial charge in [0.2, 0.25) is 11.1 Å². The lowest BCUT2D eigenvalue weighted by Gasteiger charge is -2.32. The van der Waals surface area contributed by atoms with E-state index in [1.807, 2.05) is 30.3 Å². The van der Waals surface area contributed by atoms with Crippen LogP contribution in [0.2, 0.25) is 0 Å². The number of ketones is 1. The Morgan fingerprint density at radius 1 is 1.19 bits per heavy atom. The number of fused-ring (bicyclic) bond motifs is 1. The molecule has 2 aromatic carbocycles. The third-order valence-corrected chi connectivity index (χ3v) is 6.48.